The Labute approximate surface area is 234 Å². The molecule has 2 aliphatic rings. The zero-order valence-electron chi connectivity index (χ0n) is 23.7. The van der Waals surface area contributed by atoms with Crippen LogP contribution in [0.15, 0.2) is 58.9 Å². The average molecular weight is 552 g/mol. The first-order valence-corrected chi connectivity index (χ1v) is 14.2. The second-order valence-corrected chi connectivity index (χ2v) is 11.9. The van der Waals surface area contributed by atoms with Crippen molar-refractivity contribution in [3.05, 3.63) is 74.3 Å². The highest BCUT2D eigenvalue weighted by Gasteiger charge is 2.50. The summed E-state index contributed by atoms with van der Waals surface area (Å²) in [6.45, 7) is 12.1. The number of hydrogen-bond acceptors (Lipinski definition) is 8. The summed E-state index contributed by atoms with van der Waals surface area (Å²) in [5.41, 5.74) is 2.83. The Morgan fingerprint density at radius 3 is 2.36 bits per heavy atom. The lowest BCUT2D eigenvalue weighted by Gasteiger charge is -2.39. The van der Waals surface area contributed by atoms with Crippen LogP contribution in [0.4, 0.5) is 0 Å². The van der Waals surface area contributed by atoms with Gasteiger partial charge in [0.2, 0.25) is 0 Å². The van der Waals surface area contributed by atoms with Crippen LogP contribution in [-0.4, -0.2) is 38.0 Å². The fourth-order valence-electron chi connectivity index (χ4n) is 5.48. The molecule has 0 saturated heterocycles. The maximum Gasteiger partial charge on any atom is 0.336 e. The fraction of sp³-hybridized carbons (Fsp3) is 0.452. The van der Waals surface area contributed by atoms with Crippen molar-refractivity contribution >= 4 is 29.1 Å². The SMILES string of the molecule is CCOC(=O)C1=C(C)NC2=C(C(=O)[C@H](C(=O)OCC)[C@@H](c3ccccc3OC)C2)[C@H]1c1ccc(C(C)(C)C)s1. The van der Waals surface area contributed by atoms with E-state index in [9.17, 15) is 14.4 Å². The molecular formula is C31H37NO6S. The van der Waals surface area contributed by atoms with E-state index in [1.165, 1.54) is 0 Å². The molecular weight excluding hydrogens is 514 g/mol. The number of para-hydroxylation sites is 1. The van der Waals surface area contributed by atoms with E-state index >= 15 is 0 Å². The molecule has 2 heterocycles. The van der Waals surface area contributed by atoms with Crippen LogP contribution >= 0.6 is 11.3 Å². The molecule has 4 rings (SSSR count). The Balaban J connectivity index is 1.92. The highest BCUT2D eigenvalue weighted by atomic mass is 32.1. The molecule has 7 nitrogen and oxygen atoms in total. The van der Waals surface area contributed by atoms with Crippen molar-refractivity contribution in [2.75, 3.05) is 20.3 Å². The summed E-state index contributed by atoms with van der Waals surface area (Å²) >= 11 is 1.58. The van der Waals surface area contributed by atoms with Gasteiger partial charge in [-0.15, -0.1) is 11.3 Å². The molecule has 8 heteroatoms. The van der Waals surface area contributed by atoms with Gasteiger partial charge < -0.3 is 19.5 Å². The van der Waals surface area contributed by atoms with Crippen molar-refractivity contribution in [3.8, 4) is 5.75 Å². The number of thiophene rings is 1. The summed E-state index contributed by atoms with van der Waals surface area (Å²) in [6, 6.07) is 11.5. The number of hydrogen-bond donors (Lipinski definition) is 1. The van der Waals surface area contributed by atoms with Crippen LogP contribution < -0.4 is 10.1 Å². The monoisotopic (exact) mass is 551 g/mol. The molecule has 1 aliphatic carbocycles. The molecule has 39 heavy (non-hydrogen) atoms. The number of rotatable bonds is 7. The number of nitrogens with one attached hydrogen (secondary N) is 1. The van der Waals surface area contributed by atoms with Crippen molar-refractivity contribution in [3.63, 3.8) is 0 Å². The Kier molecular flexibility index (Phi) is 8.35. The second-order valence-electron chi connectivity index (χ2n) is 10.8. The van der Waals surface area contributed by atoms with Crippen LogP contribution in [0.3, 0.4) is 0 Å². The van der Waals surface area contributed by atoms with E-state index in [1.54, 1.807) is 32.3 Å². The molecule has 0 spiro atoms. The molecule has 0 radical (unpaired) electrons. The topological polar surface area (TPSA) is 90.9 Å². The van der Waals surface area contributed by atoms with Gasteiger partial charge in [-0.25, -0.2) is 4.79 Å². The molecule has 1 aromatic carbocycles. The van der Waals surface area contributed by atoms with Gasteiger partial charge in [0.1, 0.15) is 11.7 Å². The number of allylic oxidation sites excluding steroid dienone is 3. The summed E-state index contributed by atoms with van der Waals surface area (Å²) in [5, 5.41) is 3.35. The van der Waals surface area contributed by atoms with Gasteiger partial charge in [-0.05, 0) is 56.4 Å². The minimum Gasteiger partial charge on any atom is -0.496 e. The molecule has 1 aromatic heterocycles. The summed E-state index contributed by atoms with van der Waals surface area (Å²) in [6.07, 6.45) is 0.381. The standard InChI is InChI=1S/C31H37NO6S/c1-8-37-29(34)24-17(3)32-20-16-19(18-12-10-11-13-21(18)36-7)25(30(35)38-9-2)28(33)26(20)27(24)22-14-15-23(39-22)31(4,5)6/h10-15,19,25,27,32H,8-9,16H2,1-7H3/t19-,25-,27+/m1/s1. The van der Waals surface area contributed by atoms with Crippen molar-refractivity contribution in [1.29, 1.82) is 0 Å². The lowest BCUT2D eigenvalue weighted by Crippen LogP contribution is -2.43. The number of methoxy groups -OCH3 is 1. The minimum absolute atomic E-state index is 0.102. The highest BCUT2D eigenvalue weighted by molar-refractivity contribution is 7.12. The van der Waals surface area contributed by atoms with Crippen molar-refractivity contribution in [1.82, 2.24) is 5.32 Å². The lowest BCUT2D eigenvalue weighted by atomic mass is 9.68. The second kappa shape index (κ2) is 11.4. The van der Waals surface area contributed by atoms with E-state index in [0.29, 0.717) is 34.7 Å². The number of esters is 2. The molecule has 0 bridgehead atoms. The first kappa shape index (κ1) is 28.6. The molecule has 1 aliphatic heterocycles. The smallest absolute Gasteiger partial charge is 0.336 e. The summed E-state index contributed by atoms with van der Waals surface area (Å²) < 4.78 is 16.5. The van der Waals surface area contributed by atoms with Crippen LogP contribution in [0.2, 0.25) is 0 Å². The van der Waals surface area contributed by atoms with Gasteiger partial charge in [-0.1, -0.05) is 39.0 Å². The molecule has 0 amide bonds. The van der Waals surface area contributed by atoms with Crippen molar-refractivity contribution < 1.29 is 28.6 Å². The Bertz CT molecular complexity index is 1340. The summed E-state index contributed by atoms with van der Waals surface area (Å²) in [7, 11) is 1.57. The van der Waals surface area contributed by atoms with Crippen LogP contribution in [0.1, 0.15) is 75.1 Å². The van der Waals surface area contributed by atoms with Gasteiger partial charge in [0.25, 0.3) is 0 Å². The first-order chi connectivity index (χ1) is 18.5. The first-order valence-electron chi connectivity index (χ1n) is 13.3. The predicted molar refractivity (Wildman–Crippen MR) is 151 cm³/mol. The van der Waals surface area contributed by atoms with E-state index in [1.807, 2.05) is 43.3 Å². The van der Waals surface area contributed by atoms with Crippen molar-refractivity contribution in [2.45, 2.75) is 65.2 Å². The Hall–Kier alpha value is -3.39. The molecule has 208 valence electrons. The Morgan fingerprint density at radius 2 is 1.74 bits per heavy atom. The number of Topliss-reactive ketones (excluding diaryl/α,β-unsaturated/α-hetero) is 1. The molecule has 0 unspecified atom stereocenters. The van der Waals surface area contributed by atoms with E-state index < -0.39 is 29.7 Å². The van der Waals surface area contributed by atoms with Gasteiger partial charge in [0, 0.05) is 32.6 Å². The molecule has 0 saturated carbocycles. The van der Waals surface area contributed by atoms with Crippen LogP contribution in [0.25, 0.3) is 0 Å². The average Bonchev–Trinajstić information content (AvgIpc) is 3.39. The van der Waals surface area contributed by atoms with Gasteiger partial charge in [-0.2, -0.15) is 0 Å². The van der Waals surface area contributed by atoms with Crippen LogP contribution in [0.5, 0.6) is 5.75 Å². The number of dihydropyridines is 1. The molecule has 0 fully saturated rings. The van der Waals surface area contributed by atoms with Crippen LogP contribution in [-0.2, 0) is 29.3 Å². The van der Waals surface area contributed by atoms with E-state index in [4.69, 9.17) is 14.2 Å². The summed E-state index contributed by atoms with van der Waals surface area (Å²) in [5.74, 6) is -3.01. The van der Waals surface area contributed by atoms with Gasteiger partial charge in [-0.3, -0.25) is 9.59 Å². The van der Waals surface area contributed by atoms with Gasteiger partial charge in [0.05, 0.1) is 31.8 Å². The molecule has 1 N–H and O–H groups in total. The third kappa shape index (κ3) is 5.39. The normalized spacial score (nSPS) is 21.3. The van der Waals surface area contributed by atoms with E-state index in [2.05, 4.69) is 26.1 Å². The molecule has 2 aromatic rings. The highest BCUT2D eigenvalue weighted by Crippen LogP contribution is 2.51. The predicted octanol–water partition coefficient (Wildman–Crippen LogP) is 5.77. The maximum atomic E-state index is 14.5. The van der Waals surface area contributed by atoms with Crippen molar-refractivity contribution in [2.24, 2.45) is 5.92 Å². The minimum atomic E-state index is -1.08. The summed E-state index contributed by atoms with van der Waals surface area (Å²) in [4.78, 5) is 43.2. The van der Waals surface area contributed by atoms with Gasteiger partial charge >= 0.3 is 11.9 Å². The number of ether oxygens (including phenoxy) is 3. The fourth-order valence-corrected chi connectivity index (χ4v) is 6.66. The molecule has 3 atom stereocenters. The number of carbonyl (C=O) groups is 3. The van der Waals surface area contributed by atoms with Crippen LogP contribution in [0, 0.1) is 5.92 Å². The third-order valence-corrected chi connectivity index (χ3v) is 8.82. The number of benzene rings is 1. The zero-order valence-corrected chi connectivity index (χ0v) is 24.5. The van der Waals surface area contributed by atoms with Gasteiger partial charge in [0.15, 0.2) is 5.78 Å². The zero-order chi connectivity index (χ0) is 28.5. The number of carbonyl (C=O) groups excluding carboxylic acids is 3. The quantitative estimate of drug-likeness (QED) is 0.345. The van der Waals surface area contributed by atoms with E-state index in [-0.39, 0.29) is 24.4 Å². The third-order valence-electron chi connectivity index (χ3n) is 7.24. The maximum absolute atomic E-state index is 14.5. The van der Waals surface area contributed by atoms with E-state index in [0.717, 1.165) is 15.3 Å². The lowest BCUT2D eigenvalue weighted by molar-refractivity contribution is -0.152. The number of ketones is 1. The Morgan fingerprint density at radius 1 is 1.05 bits per heavy atom. The largest absolute Gasteiger partial charge is 0.496 e.